The molecular formula is C18H21FN6O. The van der Waals surface area contributed by atoms with E-state index in [1.54, 1.807) is 6.33 Å². The minimum absolute atomic E-state index is 0.110. The maximum Gasteiger partial charge on any atom is 0.288 e. The standard InChI is InChI=1S/C18H21FN6O/c19-15-16(12-3-4-12)22-18(23-17(15)26)25-7-5-24(6-8-25)14-9-13(11-1-2-11)20-10-21-14/h9-12H,1-8H2,(H,22,23,26). The highest BCUT2D eigenvalue weighted by Gasteiger charge is 2.31. The largest absolute Gasteiger partial charge is 0.353 e. The SMILES string of the molecule is O=c1[nH]c(N2CCN(c3cc(C4CC4)ncn3)CC2)nc(C2CC2)c1F. The second kappa shape index (κ2) is 6.03. The van der Waals surface area contributed by atoms with E-state index in [1.807, 2.05) is 4.90 Å². The summed E-state index contributed by atoms with van der Waals surface area (Å²) in [4.78, 5) is 32.0. The highest BCUT2D eigenvalue weighted by molar-refractivity contribution is 5.44. The summed E-state index contributed by atoms with van der Waals surface area (Å²) in [5, 5.41) is 0. The van der Waals surface area contributed by atoms with Gasteiger partial charge in [0.05, 0.1) is 5.69 Å². The Kier molecular flexibility index (Phi) is 3.65. The maximum atomic E-state index is 14.0. The molecule has 8 heteroatoms. The van der Waals surface area contributed by atoms with E-state index < -0.39 is 11.4 Å². The summed E-state index contributed by atoms with van der Waals surface area (Å²) in [5.41, 5.74) is 0.802. The van der Waals surface area contributed by atoms with E-state index in [0.717, 1.165) is 37.4 Å². The van der Waals surface area contributed by atoms with Gasteiger partial charge in [-0.2, -0.15) is 4.39 Å². The van der Waals surface area contributed by atoms with Crippen LogP contribution in [0.25, 0.3) is 0 Å². The lowest BCUT2D eigenvalue weighted by molar-refractivity contribution is 0.570. The summed E-state index contributed by atoms with van der Waals surface area (Å²) < 4.78 is 14.0. The van der Waals surface area contributed by atoms with Gasteiger partial charge in [-0.1, -0.05) is 0 Å². The van der Waals surface area contributed by atoms with Crippen LogP contribution in [0.4, 0.5) is 16.2 Å². The molecule has 0 aromatic carbocycles. The molecule has 0 amide bonds. The molecule has 0 bridgehead atoms. The van der Waals surface area contributed by atoms with E-state index in [4.69, 9.17) is 0 Å². The Hall–Kier alpha value is -2.51. The maximum absolute atomic E-state index is 14.0. The van der Waals surface area contributed by atoms with Crippen molar-refractivity contribution in [2.75, 3.05) is 36.0 Å². The van der Waals surface area contributed by atoms with Gasteiger partial charge in [-0.15, -0.1) is 0 Å². The first-order valence-corrected chi connectivity index (χ1v) is 9.30. The molecule has 3 heterocycles. The number of piperazine rings is 1. The fraction of sp³-hybridized carbons (Fsp3) is 0.556. The van der Waals surface area contributed by atoms with Gasteiger partial charge < -0.3 is 9.80 Å². The number of halogens is 1. The highest BCUT2D eigenvalue weighted by Crippen LogP contribution is 2.40. The van der Waals surface area contributed by atoms with Gasteiger partial charge in [-0.05, 0) is 25.7 Å². The molecule has 0 unspecified atom stereocenters. The van der Waals surface area contributed by atoms with Gasteiger partial charge in [0.2, 0.25) is 11.8 Å². The van der Waals surface area contributed by atoms with Crippen LogP contribution in [-0.2, 0) is 0 Å². The molecule has 3 aliphatic rings. The van der Waals surface area contributed by atoms with Crippen molar-refractivity contribution >= 4 is 11.8 Å². The average molecular weight is 356 g/mol. The molecule has 2 aliphatic carbocycles. The summed E-state index contributed by atoms with van der Waals surface area (Å²) in [5.74, 6) is 1.44. The van der Waals surface area contributed by atoms with Crippen molar-refractivity contribution < 1.29 is 4.39 Å². The Morgan fingerprint density at radius 2 is 1.69 bits per heavy atom. The fourth-order valence-corrected chi connectivity index (χ4v) is 3.53. The molecule has 26 heavy (non-hydrogen) atoms. The summed E-state index contributed by atoms with van der Waals surface area (Å²) in [6.07, 6.45) is 5.92. The first-order valence-electron chi connectivity index (χ1n) is 9.30. The van der Waals surface area contributed by atoms with Crippen molar-refractivity contribution in [2.24, 2.45) is 0 Å². The zero-order chi connectivity index (χ0) is 17.7. The normalized spacial score (nSPS) is 20.5. The molecule has 2 aromatic rings. The second-order valence-electron chi connectivity index (χ2n) is 7.41. The van der Waals surface area contributed by atoms with Crippen molar-refractivity contribution in [1.82, 2.24) is 19.9 Å². The predicted molar refractivity (Wildman–Crippen MR) is 95.2 cm³/mol. The van der Waals surface area contributed by atoms with Gasteiger partial charge in [0.15, 0.2) is 0 Å². The summed E-state index contributed by atoms with van der Waals surface area (Å²) in [6, 6.07) is 2.09. The quantitative estimate of drug-likeness (QED) is 0.900. The molecule has 1 saturated heterocycles. The molecule has 1 N–H and O–H groups in total. The minimum atomic E-state index is -0.719. The molecule has 3 fully saturated rings. The number of anilines is 2. The van der Waals surface area contributed by atoms with Crippen LogP contribution in [0.2, 0.25) is 0 Å². The van der Waals surface area contributed by atoms with Gasteiger partial charge in [0.1, 0.15) is 12.1 Å². The zero-order valence-electron chi connectivity index (χ0n) is 14.5. The molecule has 0 spiro atoms. The lowest BCUT2D eigenvalue weighted by Gasteiger charge is -2.35. The van der Waals surface area contributed by atoms with E-state index >= 15 is 0 Å². The molecule has 5 rings (SSSR count). The van der Waals surface area contributed by atoms with Crippen LogP contribution >= 0.6 is 0 Å². The topological polar surface area (TPSA) is 78.0 Å². The Balaban J connectivity index is 1.31. The Morgan fingerprint density at radius 1 is 1.00 bits per heavy atom. The third kappa shape index (κ3) is 2.93. The fourth-order valence-electron chi connectivity index (χ4n) is 3.53. The van der Waals surface area contributed by atoms with Crippen molar-refractivity contribution in [3.63, 3.8) is 0 Å². The number of hydrogen-bond acceptors (Lipinski definition) is 6. The Labute approximate surface area is 150 Å². The summed E-state index contributed by atoms with van der Waals surface area (Å²) in [7, 11) is 0. The number of aromatic nitrogens is 4. The molecule has 0 atom stereocenters. The van der Waals surface area contributed by atoms with Gasteiger partial charge >= 0.3 is 0 Å². The van der Waals surface area contributed by atoms with Crippen LogP contribution in [0.5, 0.6) is 0 Å². The third-order valence-corrected chi connectivity index (χ3v) is 5.41. The first-order chi connectivity index (χ1) is 12.7. The van der Waals surface area contributed by atoms with E-state index in [1.165, 1.54) is 12.8 Å². The third-order valence-electron chi connectivity index (χ3n) is 5.41. The van der Waals surface area contributed by atoms with E-state index in [-0.39, 0.29) is 5.92 Å². The Bertz CT molecular complexity index is 883. The van der Waals surface area contributed by atoms with Gasteiger partial charge in [-0.3, -0.25) is 9.78 Å². The van der Waals surface area contributed by atoms with Crippen LogP contribution in [0.15, 0.2) is 17.2 Å². The monoisotopic (exact) mass is 356 g/mol. The summed E-state index contributed by atoms with van der Waals surface area (Å²) >= 11 is 0. The Morgan fingerprint density at radius 3 is 2.38 bits per heavy atom. The lowest BCUT2D eigenvalue weighted by Crippen LogP contribution is -2.48. The second-order valence-corrected chi connectivity index (χ2v) is 7.41. The molecular weight excluding hydrogens is 335 g/mol. The molecule has 136 valence electrons. The van der Waals surface area contributed by atoms with Crippen molar-refractivity contribution in [3.8, 4) is 0 Å². The van der Waals surface area contributed by atoms with Gasteiger partial charge in [0.25, 0.3) is 5.56 Å². The van der Waals surface area contributed by atoms with Gasteiger partial charge in [0, 0.05) is 49.8 Å². The molecule has 0 radical (unpaired) electrons. The molecule has 7 nitrogen and oxygen atoms in total. The van der Waals surface area contributed by atoms with Crippen molar-refractivity contribution in [2.45, 2.75) is 37.5 Å². The molecule has 2 saturated carbocycles. The van der Waals surface area contributed by atoms with E-state index in [2.05, 4.69) is 30.9 Å². The van der Waals surface area contributed by atoms with Crippen LogP contribution in [-0.4, -0.2) is 46.1 Å². The first kappa shape index (κ1) is 15.7. The minimum Gasteiger partial charge on any atom is -0.353 e. The highest BCUT2D eigenvalue weighted by atomic mass is 19.1. The van der Waals surface area contributed by atoms with Gasteiger partial charge in [-0.25, -0.2) is 15.0 Å². The zero-order valence-corrected chi connectivity index (χ0v) is 14.5. The van der Waals surface area contributed by atoms with Crippen LogP contribution in [0.3, 0.4) is 0 Å². The van der Waals surface area contributed by atoms with Crippen LogP contribution in [0.1, 0.15) is 48.9 Å². The molecule has 2 aromatic heterocycles. The molecule has 1 aliphatic heterocycles. The van der Waals surface area contributed by atoms with E-state index in [9.17, 15) is 9.18 Å². The van der Waals surface area contributed by atoms with Crippen molar-refractivity contribution in [1.29, 1.82) is 0 Å². The number of aromatic amines is 1. The number of nitrogens with zero attached hydrogens (tertiary/aromatic N) is 5. The lowest BCUT2D eigenvalue weighted by atomic mass is 10.2. The number of hydrogen-bond donors (Lipinski definition) is 1. The van der Waals surface area contributed by atoms with E-state index in [0.29, 0.717) is 30.6 Å². The average Bonchev–Trinajstić information content (AvgIpc) is 3.57. The number of H-pyrrole nitrogens is 1. The number of nitrogens with one attached hydrogen (secondary N) is 1. The predicted octanol–water partition coefficient (Wildman–Crippen LogP) is 1.78. The van der Waals surface area contributed by atoms with Crippen LogP contribution < -0.4 is 15.4 Å². The smallest absolute Gasteiger partial charge is 0.288 e. The summed E-state index contributed by atoms with van der Waals surface area (Å²) in [6.45, 7) is 2.98. The van der Waals surface area contributed by atoms with Crippen LogP contribution in [0, 0.1) is 5.82 Å². The number of rotatable bonds is 4. The van der Waals surface area contributed by atoms with Crippen molar-refractivity contribution in [3.05, 3.63) is 40.0 Å².